The number of carbonyl (C=O) groups excluding carboxylic acids is 1. The van der Waals surface area contributed by atoms with Gasteiger partial charge < -0.3 is 10.4 Å². The van der Waals surface area contributed by atoms with Crippen LogP contribution in [0.5, 0.6) is 0 Å². The van der Waals surface area contributed by atoms with Crippen LogP contribution < -0.4 is 5.32 Å². The molecule has 0 aliphatic carbocycles. The van der Waals surface area contributed by atoms with E-state index in [1.54, 1.807) is 39.0 Å². The van der Waals surface area contributed by atoms with Crippen molar-refractivity contribution in [3.63, 3.8) is 0 Å². The lowest BCUT2D eigenvalue weighted by atomic mass is 9.98. The summed E-state index contributed by atoms with van der Waals surface area (Å²) >= 11 is 3.20. The Balaban J connectivity index is 2.81. The molecule has 0 radical (unpaired) electrons. The molecule has 0 spiro atoms. The van der Waals surface area contributed by atoms with E-state index in [4.69, 9.17) is 0 Å². The van der Waals surface area contributed by atoms with Crippen LogP contribution >= 0.6 is 15.9 Å². The number of aromatic nitrogens is 1. The molecule has 1 heterocycles. The molecule has 1 atom stereocenters. The number of halogens is 1. The lowest BCUT2D eigenvalue weighted by molar-refractivity contribution is 0.0705. The van der Waals surface area contributed by atoms with Crippen molar-refractivity contribution in [2.75, 3.05) is 0 Å². The number of hydrogen-bond acceptors (Lipinski definition) is 3. The zero-order chi connectivity index (χ0) is 12.3. The highest BCUT2D eigenvalue weighted by Gasteiger charge is 2.26. The Bertz CT molecular complexity index is 391. The van der Waals surface area contributed by atoms with E-state index in [1.165, 1.54) is 0 Å². The molecule has 1 unspecified atom stereocenters. The van der Waals surface area contributed by atoms with Crippen LogP contribution in [0.25, 0.3) is 0 Å². The molecule has 0 bridgehead atoms. The van der Waals surface area contributed by atoms with Gasteiger partial charge in [-0.25, -0.2) is 4.98 Å². The third kappa shape index (κ3) is 3.28. The Morgan fingerprint density at radius 1 is 1.56 bits per heavy atom. The standard InChI is InChI=1S/C11H15BrN2O2/c1-7(15)11(2,3)14-10(16)8-5-4-6-9(12)13-8/h4-7,15H,1-3H3,(H,14,16). The van der Waals surface area contributed by atoms with Gasteiger partial charge in [-0.3, -0.25) is 4.79 Å². The molecule has 0 aliphatic rings. The van der Waals surface area contributed by atoms with Gasteiger partial charge in [0.25, 0.3) is 5.91 Å². The van der Waals surface area contributed by atoms with Gasteiger partial charge in [0.05, 0.1) is 11.6 Å². The largest absolute Gasteiger partial charge is 0.391 e. The summed E-state index contributed by atoms with van der Waals surface area (Å²) in [5, 5.41) is 12.2. The monoisotopic (exact) mass is 286 g/mol. The summed E-state index contributed by atoms with van der Waals surface area (Å²) in [6.07, 6.45) is -0.636. The number of carbonyl (C=O) groups is 1. The molecule has 88 valence electrons. The van der Waals surface area contributed by atoms with Crippen molar-refractivity contribution in [3.05, 3.63) is 28.5 Å². The summed E-state index contributed by atoms with van der Waals surface area (Å²) in [6, 6.07) is 5.11. The lowest BCUT2D eigenvalue weighted by Gasteiger charge is -2.29. The van der Waals surface area contributed by atoms with Crippen LogP contribution in [0.2, 0.25) is 0 Å². The van der Waals surface area contributed by atoms with E-state index in [0.29, 0.717) is 10.3 Å². The Morgan fingerprint density at radius 3 is 2.69 bits per heavy atom. The number of nitrogens with zero attached hydrogens (tertiary/aromatic N) is 1. The van der Waals surface area contributed by atoms with E-state index >= 15 is 0 Å². The maximum atomic E-state index is 11.8. The van der Waals surface area contributed by atoms with Crippen molar-refractivity contribution in [1.29, 1.82) is 0 Å². The number of aliphatic hydroxyl groups is 1. The molecule has 0 aromatic carbocycles. The Morgan fingerprint density at radius 2 is 2.19 bits per heavy atom. The highest BCUT2D eigenvalue weighted by Crippen LogP contribution is 2.11. The third-order valence-corrected chi connectivity index (χ3v) is 2.87. The lowest BCUT2D eigenvalue weighted by Crippen LogP contribution is -2.51. The second-order valence-electron chi connectivity index (χ2n) is 4.20. The Labute approximate surface area is 103 Å². The number of nitrogens with one attached hydrogen (secondary N) is 1. The zero-order valence-electron chi connectivity index (χ0n) is 9.49. The summed E-state index contributed by atoms with van der Waals surface area (Å²) in [4.78, 5) is 15.9. The van der Waals surface area contributed by atoms with Crippen molar-refractivity contribution in [2.24, 2.45) is 0 Å². The van der Waals surface area contributed by atoms with E-state index in [-0.39, 0.29) is 5.91 Å². The van der Waals surface area contributed by atoms with Crippen molar-refractivity contribution in [1.82, 2.24) is 10.3 Å². The summed E-state index contributed by atoms with van der Waals surface area (Å²) < 4.78 is 0.606. The average Bonchev–Trinajstić information content (AvgIpc) is 2.16. The van der Waals surface area contributed by atoms with Crippen LogP contribution in [0.3, 0.4) is 0 Å². The Hall–Kier alpha value is -0.940. The number of hydrogen-bond donors (Lipinski definition) is 2. The molecule has 0 aliphatic heterocycles. The molecule has 1 rings (SSSR count). The quantitative estimate of drug-likeness (QED) is 0.832. The zero-order valence-corrected chi connectivity index (χ0v) is 11.1. The first-order chi connectivity index (χ1) is 7.33. The van der Waals surface area contributed by atoms with Gasteiger partial charge in [0.2, 0.25) is 0 Å². The van der Waals surface area contributed by atoms with E-state index in [1.807, 2.05) is 0 Å². The van der Waals surface area contributed by atoms with Gasteiger partial charge >= 0.3 is 0 Å². The van der Waals surface area contributed by atoms with Crippen LogP contribution in [0.15, 0.2) is 22.8 Å². The summed E-state index contributed by atoms with van der Waals surface area (Å²) in [7, 11) is 0. The van der Waals surface area contributed by atoms with Gasteiger partial charge in [-0.1, -0.05) is 6.07 Å². The molecule has 1 aromatic heterocycles. The van der Waals surface area contributed by atoms with Crippen LogP contribution in [-0.4, -0.2) is 27.6 Å². The topological polar surface area (TPSA) is 62.2 Å². The normalized spacial score (nSPS) is 13.3. The van der Waals surface area contributed by atoms with Crippen LogP contribution in [0.1, 0.15) is 31.3 Å². The van der Waals surface area contributed by atoms with Gasteiger partial charge in [0, 0.05) is 0 Å². The summed E-state index contributed by atoms with van der Waals surface area (Å²) in [5.41, 5.74) is -0.357. The van der Waals surface area contributed by atoms with Gasteiger partial charge in [-0.15, -0.1) is 0 Å². The molecule has 1 amide bonds. The minimum Gasteiger partial charge on any atom is -0.391 e. The van der Waals surface area contributed by atoms with E-state index in [0.717, 1.165) is 0 Å². The first-order valence-electron chi connectivity index (χ1n) is 4.96. The van der Waals surface area contributed by atoms with Crippen molar-refractivity contribution < 1.29 is 9.90 Å². The van der Waals surface area contributed by atoms with Crippen molar-refractivity contribution >= 4 is 21.8 Å². The summed E-state index contributed by atoms with van der Waals surface area (Å²) in [5.74, 6) is -0.299. The van der Waals surface area contributed by atoms with Crippen LogP contribution in [0.4, 0.5) is 0 Å². The molecule has 2 N–H and O–H groups in total. The smallest absolute Gasteiger partial charge is 0.270 e. The van der Waals surface area contributed by atoms with Gasteiger partial charge in [0.15, 0.2) is 0 Å². The fourth-order valence-electron chi connectivity index (χ4n) is 0.996. The Kier molecular flexibility index (Phi) is 4.04. The number of pyridine rings is 1. The molecule has 0 fully saturated rings. The SMILES string of the molecule is CC(O)C(C)(C)NC(=O)c1cccc(Br)n1. The molecule has 5 heteroatoms. The van der Waals surface area contributed by atoms with Gasteiger partial charge in [0.1, 0.15) is 10.3 Å². The van der Waals surface area contributed by atoms with E-state index in [2.05, 4.69) is 26.2 Å². The predicted octanol–water partition coefficient (Wildman–Crippen LogP) is 1.73. The average molecular weight is 287 g/mol. The van der Waals surface area contributed by atoms with Crippen LogP contribution in [-0.2, 0) is 0 Å². The molecule has 16 heavy (non-hydrogen) atoms. The highest BCUT2D eigenvalue weighted by atomic mass is 79.9. The van der Waals surface area contributed by atoms with Gasteiger partial charge in [-0.05, 0) is 48.8 Å². The van der Waals surface area contributed by atoms with Crippen molar-refractivity contribution in [2.45, 2.75) is 32.4 Å². The second kappa shape index (κ2) is 4.93. The molecular formula is C11H15BrN2O2. The van der Waals surface area contributed by atoms with Crippen LogP contribution in [0, 0.1) is 0 Å². The molecule has 1 aromatic rings. The third-order valence-electron chi connectivity index (χ3n) is 2.43. The number of amides is 1. The van der Waals surface area contributed by atoms with E-state index in [9.17, 15) is 9.90 Å². The second-order valence-corrected chi connectivity index (χ2v) is 5.01. The molecule has 0 saturated heterocycles. The first-order valence-corrected chi connectivity index (χ1v) is 5.75. The molecule has 4 nitrogen and oxygen atoms in total. The highest BCUT2D eigenvalue weighted by molar-refractivity contribution is 9.10. The minimum absolute atomic E-state index is 0.299. The van der Waals surface area contributed by atoms with Gasteiger partial charge in [-0.2, -0.15) is 0 Å². The predicted molar refractivity (Wildman–Crippen MR) is 65.2 cm³/mol. The van der Waals surface area contributed by atoms with E-state index < -0.39 is 11.6 Å². The number of rotatable bonds is 3. The maximum Gasteiger partial charge on any atom is 0.270 e. The fraction of sp³-hybridized carbons (Fsp3) is 0.455. The summed E-state index contributed by atoms with van der Waals surface area (Å²) in [6.45, 7) is 5.15. The maximum absolute atomic E-state index is 11.8. The molecule has 0 saturated carbocycles. The minimum atomic E-state index is -0.679. The first kappa shape index (κ1) is 13.1. The van der Waals surface area contributed by atoms with Crippen molar-refractivity contribution in [3.8, 4) is 0 Å². The molecular weight excluding hydrogens is 272 g/mol. The fourth-order valence-corrected chi connectivity index (χ4v) is 1.34. The number of aliphatic hydroxyl groups excluding tert-OH is 1.